The van der Waals surface area contributed by atoms with Crippen LogP contribution >= 0.6 is 0 Å². The zero-order valence-electron chi connectivity index (χ0n) is 38.4. The summed E-state index contributed by atoms with van der Waals surface area (Å²) < 4.78 is 6.46. The van der Waals surface area contributed by atoms with Gasteiger partial charge in [-0.25, -0.2) is 0 Å². The zero-order chi connectivity index (χ0) is 40.4. The Labute approximate surface area is 348 Å². The van der Waals surface area contributed by atoms with Gasteiger partial charge in [-0.3, -0.25) is 4.79 Å². The van der Waals surface area contributed by atoms with Crippen LogP contribution in [-0.2, 0) is 9.53 Å². The first-order valence-corrected chi connectivity index (χ1v) is 25.3. The van der Waals surface area contributed by atoms with Crippen molar-refractivity contribution in [2.75, 3.05) is 0 Å². The van der Waals surface area contributed by atoms with Crippen molar-refractivity contribution in [3.8, 4) is 0 Å². The van der Waals surface area contributed by atoms with Crippen LogP contribution in [0.2, 0.25) is 0 Å². The molecule has 0 saturated heterocycles. The number of fused-ring (bicyclic) bond motifs is 5. The number of esters is 1. The number of rotatable bonds is 28. The van der Waals surface area contributed by atoms with E-state index in [1.807, 2.05) is 0 Å². The number of aliphatic hydroxyl groups excluding tert-OH is 1. The summed E-state index contributed by atoms with van der Waals surface area (Å²) in [5.41, 5.74) is 1.64. The van der Waals surface area contributed by atoms with Crippen LogP contribution in [0.3, 0.4) is 0 Å². The van der Waals surface area contributed by atoms with Crippen LogP contribution < -0.4 is 0 Å². The fourth-order valence-corrected chi connectivity index (χ4v) is 13.0. The molecule has 3 fully saturated rings. The van der Waals surface area contributed by atoms with E-state index in [2.05, 4.69) is 66.7 Å². The van der Waals surface area contributed by atoms with Gasteiger partial charge in [0.2, 0.25) is 0 Å². The van der Waals surface area contributed by atoms with E-state index in [0.29, 0.717) is 47.8 Å². The minimum absolute atomic E-state index is 0.0291. The average molecular weight is 779 g/mol. The summed E-state index contributed by atoms with van der Waals surface area (Å²) in [5.74, 6) is 4.68. The number of hydrogen-bond acceptors (Lipinski definition) is 3. The lowest BCUT2D eigenvalue weighted by molar-refractivity contribution is -0.169. The molecular weight excluding hydrogens is 685 g/mol. The van der Waals surface area contributed by atoms with Gasteiger partial charge in [0.25, 0.3) is 0 Å². The Morgan fingerprint density at radius 3 is 1.80 bits per heavy atom. The smallest absolute Gasteiger partial charge is 0.306 e. The molecule has 0 spiro atoms. The van der Waals surface area contributed by atoms with E-state index >= 15 is 0 Å². The summed E-state index contributed by atoms with van der Waals surface area (Å²) in [4.78, 5) is 13.4. The number of unbranched alkanes of at least 4 members (excludes halogenated alkanes) is 20. The molecule has 0 heterocycles. The largest absolute Gasteiger partial charge is 0.461 e. The first-order chi connectivity index (χ1) is 27.1. The molecule has 324 valence electrons. The molecule has 1 unspecified atom stereocenters. The van der Waals surface area contributed by atoms with Crippen LogP contribution in [0.15, 0.2) is 23.8 Å². The number of ether oxygens (including phenoxy) is 1. The van der Waals surface area contributed by atoms with Crippen LogP contribution in [0.25, 0.3) is 0 Å². The van der Waals surface area contributed by atoms with Crippen LogP contribution in [0, 0.1) is 52.3 Å². The number of carbonyl (C=O) groups excluding carboxylic acids is 1. The predicted octanol–water partition coefficient (Wildman–Crippen LogP) is 15.9. The van der Waals surface area contributed by atoms with Crippen molar-refractivity contribution in [1.29, 1.82) is 0 Å². The molecule has 1 N–H and O–H groups in total. The maximum absolute atomic E-state index is 13.4. The summed E-state index contributed by atoms with van der Waals surface area (Å²) in [7, 11) is 0. The highest BCUT2D eigenvalue weighted by Gasteiger charge is 2.61. The Hall–Kier alpha value is -1.09. The van der Waals surface area contributed by atoms with Crippen molar-refractivity contribution in [3.63, 3.8) is 0 Å². The quantitative estimate of drug-likeness (QED) is 0.0489. The van der Waals surface area contributed by atoms with Gasteiger partial charge in [0, 0.05) is 18.3 Å². The van der Waals surface area contributed by atoms with Crippen LogP contribution in [0.1, 0.15) is 241 Å². The van der Waals surface area contributed by atoms with E-state index in [-0.39, 0.29) is 17.5 Å². The second-order valence-electron chi connectivity index (χ2n) is 20.8. The van der Waals surface area contributed by atoms with Crippen molar-refractivity contribution in [3.05, 3.63) is 23.8 Å². The molecule has 10 atom stereocenters. The van der Waals surface area contributed by atoms with Crippen molar-refractivity contribution >= 4 is 5.97 Å². The van der Waals surface area contributed by atoms with Crippen molar-refractivity contribution in [2.24, 2.45) is 52.3 Å². The molecular formula is C53H94O3. The highest BCUT2D eigenvalue weighted by Crippen LogP contribution is 2.67. The Morgan fingerprint density at radius 2 is 1.29 bits per heavy atom. The second kappa shape index (κ2) is 24.9. The molecule has 56 heavy (non-hydrogen) atoms. The Bertz CT molecular complexity index is 1150. The molecule has 0 aromatic heterocycles. The van der Waals surface area contributed by atoms with Crippen LogP contribution in [0.4, 0.5) is 0 Å². The highest BCUT2D eigenvalue weighted by atomic mass is 16.5. The van der Waals surface area contributed by atoms with Gasteiger partial charge in [-0.1, -0.05) is 201 Å². The van der Waals surface area contributed by atoms with Gasteiger partial charge in [-0.15, -0.1) is 0 Å². The summed E-state index contributed by atoms with van der Waals surface area (Å²) in [5, 5.41) is 11.0. The molecule has 4 aliphatic rings. The molecule has 3 saturated carbocycles. The van der Waals surface area contributed by atoms with Gasteiger partial charge in [0.05, 0.1) is 6.10 Å². The van der Waals surface area contributed by atoms with Gasteiger partial charge in [-0.2, -0.15) is 0 Å². The third-order valence-electron chi connectivity index (χ3n) is 16.6. The monoisotopic (exact) mass is 779 g/mol. The lowest BCUT2D eigenvalue weighted by Crippen LogP contribution is -2.56. The molecule has 0 aromatic carbocycles. The normalized spacial score (nSPS) is 31.2. The Balaban J connectivity index is 1.11. The molecule has 3 nitrogen and oxygen atoms in total. The van der Waals surface area contributed by atoms with Gasteiger partial charge in [-0.05, 0) is 98.2 Å². The Kier molecular flexibility index (Phi) is 21.1. The van der Waals surface area contributed by atoms with Gasteiger partial charge < -0.3 is 9.84 Å². The molecule has 3 heteroatoms. The SMILES string of the molecule is CCCCCCCCCCCCCCCCCCCCCCCC(=O)OC1C[C@@H](O)CC2=CC[C@H]3[C@@H]4CC[C@H]([C@H](C)/C=C/[C@H](CC)C(C)C)[C@@]4(C)CC[C@@H]3[C@]21C. The van der Waals surface area contributed by atoms with Crippen molar-refractivity contribution < 1.29 is 14.6 Å². The van der Waals surface area contributed by atoms with E-state index in [4.69, 9.17) is 4.74 Å². The van der Waals surface area contributed by atoms with Crippen molar-refractivity contribution in [2.45, 2.75) is 253 Å². The number of carbonyl (C=O) groups is 1. The first-order valence-electron chi connectivity index (χ1n) is 25.3. The van der Waals surface area contributed by atoms with E-state index in [1.165, 1.54) is 160 Å². The summed E-state index contributed by atoms with van der Waals surface area (Å²) in [6.07, 6.45) is 45.3. The van der Waals surface area contributed by atoms with E-state index < -0.39 is 6.10 Å². The summed E-state index contributed by atoms with van der Waals surface area (Å²) in [6.45, 7) is 16.9. The number of hydrogen-bond donors (Lipinski definition) is 1. The second-order valence-corrected chi connectivity index (χ2v) is 20.8. The minimum Gasteiger partial charge on any atom is -0.461 e. The van der Waals surface area contributed by atoms with Crippen LogP contribution in [0.5, 0.6) is 0 Å². The fourth-order valence-electron chi connectivity index (χ4n) is 13.0. The molecule has 0 aromatic rings. The lowest BCUT2D eigenvalue weighted by atomic mass is 9.46. The highest BCUT2D eigenvalue weighted by molar-refractivity contribution is 5.69. The predicted molar refractivity (Wildman–Crippen MR) is 241 cm³/mol. The van der Waals surface area contributed by atoms with Gasteiger partial charge >= 0.3 is 5.97 Å². The minimum atomic E-state index is -0.400. The molecule has 4 rings (SSSR count). The van der Waals surface area contributed by atoms with Gasteiger partial charge in [0.15, 0.2) is 0 Å². The zero-order valence-corrected chi connectivity index (χ0v) is 38.4. The molecule has 4 aliphatic carbocycles. The maximum atomic E-state index is 13.4. The first kappa shape index (κ1) is 47.6. The number of allylic oxidation sites excluding steroid dienone is 3. The molecule has 0 aliphatic heterocycles. The average Bonchev–Trinajstić information content (AvgIpc) is 3.53. The topological polar surface area (TPSA) is 46.5 Å². The van der Waals surface area contributed by atoms with Crippen LogP contribution in [-0.4, -0.2) is 23.3 Å². The van der Waals surface area contributed by atoms with E-state index in [0.717, 1.165) is 37.5 Å². The third kappa shape index (κ3) is 13.5. The summed E-state index contributed by atoms with van der Waals surface area (Å²) in [6, 6.07) is 0. The lowest BCUT2D eigenvalue weighted by Gasteiger charge is -2.60. The fraction of sp³-hybridized carbons (Fsp3) is 0.906. The summed E-state index contributed by atoms with van der Waals surface area (Å²) >= 11 is 0. The third-order valence-corrected chi connectivity index (χ3v) is 16.6. The van der Waals surface area contributed by atoms with E-state index in [1.54, 1.807) is 0 Å². The van der Waals surface area contributed by atoms with E-state index in [9.17, 15) is 9.90 Å². The molecule has 0 amide bonds. The van der Waals surface area contributed by atoms with Crippen molar-refractivity contribution in [1.82, 2.24) is 0 Å². The Morgan fingerprint density at radius 1 is 0.750 bits per heavy atom. The molecule has 0 radical (unpaired) electrons. The molecule has 0 bridgehead atoms. The van der Waals surface area contributed by atoms with Gasteiger partial charge in [0.1, 0.15) is 6.10 Å². The standard InChI is InChI=1S/C53H94O3/c1-8-10-11-12-13-14-15-16-17-18-19-20-21-22-23-24-25-26-27-28-29-30-51(55)56-50-40-45(54)39-44-33-34-46-48-36-35-47(42(5)31-32-43(9-2)41(3)4)52(48,6)38-37-49(46)53(44,50)7/h31-33,41-43,45-50,54H,8-30,34-40H2,1-7H3/b32-31+/t42-,43+,45+,46+,47-,48+,49+,50?,52-,53+/m1/s1. The number of aliphatic hydroxyl groups is 1. The maximum Gasteiger partial charge on any atom is 0.306 e.